The van der Waals surface area contributed by atoms with Crippen molar-refractivity contribution in [2.75, 3.05) is 0 Å². The van der Waals surface area contributed by atoms with E-state index >= 15 is 0 Å². The number of carboxylic acids is 1. The summed E-state index contributed by atoms with van der Waals surface area (Å²) in [5.74, 6) is -1.92. The molecule has 0 aliphatic rings. The Morgan fingerprint density at radius 2 is 2.00 bits per heavy atom. The van der Waals surface area contributed by atoms with Crippen molar-refractivity contribution in [1.82, 2.24) is 0 Å². The van der Waals surface area contributed by atoms with Crippen molar-refractivity contribution >= 4 is 5.97 Å². The number of hydrogen-bond donors (Lipinski definition) is 4. The maximum absolute atomic E-state index is 11.0. The molecular formula is C13H19NO4. The summed E-state index contributed by atoms with van der Waals surface area (Å²) in [5, 5.41) is 27.7. The van der Waals surface area contributed by atoms with Crippen molar-refractivity contribution < 1.29 is 20.1 Å². The van der Waals surface area contributed by atoms with Gasteiger partial charge in [-0.3, -0.25) is 4.79 Å². The topological polar surface area (TPSA) is 104 Å². The molecule has 0 aromatic heterocycles. The van der Waals surface area contributed by atoms with Crippen LogP contribution in [0.25, 0.3) is 0 Å². The molecule has 0 aliphatic heterocycles. The molecule has 0 heterocycles. The maximum atomic E-state index is 11.0. The van der Waals surface area contributed by atoms with Gasteiger partial charge in [-0.05, 0) is 24.1 Å². The molecule has 5 heteroatoms. The molecule has 0 amide bonds. The van der Waals surface area contributed by atoms with Crippen LogP contribution in [0, 0.1) is 0 Å². The first-order valence-electron chi connectivity index (χ1n) is 5.97. The van der Waals surface area contributed by atoms with E-state index in [-0.39, 0.29) is 17.4 Å². The molecule has 0 bridgehead atoms. The Hall–Kier alpha value is -1.75. The van der Waals surface area contributed by atoms with E-state index in [0.717, 1.165) is 12.8 Å². The maximum Gasteiger partial charge on any atom is 0.321 e. The van der Waals surface area contributed by atoms with E-state index in [0.29, 0.717) is 12.0 Å². The number of phenolic OH excluding ortho intramolecular Hbond substituents is 2. The molecule has 1 rings (SSSR count). The summed E-state index contributed by atoms with van der Waals surface area (Å²) >= 11 is 0. The van der Waals surface area contributed by atoms with Gasteiger partial charge in [0.1, 0.15) is 6.04 Å². The second kappa shape index (κ2) is 6.26. The van der Waals surface area contributed by atoms with Crippen molar-refractivity contribution in [3.05, 3.63) is 23.8 Å². The molecular weight excluding hydrogens is 234 g/mol. The fourth-order valence-electron chi connectivity index (χ4n) is 1.92. The first-order valence-corrected chi connectivity index (χ1v) is 5.97. The Bertz CT molecular complexity index is 419. The molecule has 0 saturated heterocycles. The number of phenols is 2. The standard InChI is InChI=1S/C13H19NO4/c1-2-3-4-9(12(14)13(17)18)8-5-6-10(15)11(16)7-8/h5-7,9,12,15-16H,2-4,14H2,1H3,(H,17,18). The smallest absolute Gasteiger partial charge is 0.321 e. The minimum Gasteiger partial charge on any atom is -0.504 e. The van der Waals surface area contributed by atoms with Gasteiger partial charge < -0.3 is 21.1 Å². The summed E-state index contributed by atoms with van der Waals surface area (Å²) in [5.41, 5.74) is 6.31. The largest absolute Gasteiger partial charge is 0.504 e. The predicted molar refractivity (Wildman–Crippen MR) is 67.6 cm³/mol. The quantitative estimate of drug-likeness (QED) is 0.578. The highest BCUT2D eigenvalue weighted by Crippen LogP contribution is 2.32. The summed E-state index contributed by atoms with van der Waals surface area (Å²) in [4.78, 5) is 11.0. The average molecular weight is 253 g/mol. The molecule has 0 aliphatic carbocycles. The molecule has 0 saturated carbocycles. The normalized spacial score (nSPS) is 14.1. The van der Waals surface area contributed by atoms with Crippen LogP contribution >= 0.6 is 0 Å². The van der Waals surface area contributed by atoms with E-state index in [1.807, 2.05) is 6.92 Å². The summed E-state index contributed by atoms with van der Waals surface area (Å²) in [6.07, 6.45) is 2.42. The molecule has 1 aromatic rings. The first kappa shape index (κ1) is 14.3. The van der Waals surface area contributed by atoms with Gasteiger partial charge in [0.2, 0.25) is 0 Å². The van der Waals surface area contributed by atoms with Crippen LogP contribution in [0.5, 0.6) is 11.5 Å². The van der Waals surface area contributed by atoms with Gasteiger partial charge in [0, 0.05) is 5.92 Å². The number of carbonyl (C=O) groups is 1. The van der Waals surface area contributed by atoms with E-state index < -0.39 is 12.0 Å². The summed E-state index contributed by atoms with van der Waals surface area (Å²) in [7, 11) is 0. The molecule has 1 aromatic carbocycles. The highest BCUT2D eigenvalue weighted by atomic mass is 16.4. The second-order valence-electron chi connectivity index (χ2n) is 4.36. The van der Waals surface area contributed by atoms with Crippen molar-refractivity contribution in [3.63, 3.8) is 0 Å². The van der Waals surface area contributed by atoms with Gasteiger partial charge >= 0.3 is 5.97 Å². The number of rotatable bonds is 6. The minimum absolute atomic E-state index is 0.225. The Kier molecular flexibility index (Phi) is 4.97. The zero-order chi connectivity index (χ0) is 13.7. The number of aliphatic carboxylic acids is 1. The second-order valence-corrected chi connectivity index (χ2v) is 4.36. The van der Waals surface area contributed by atoms with Crippen molar-refractivity contribution in [2.24, 2.45) is 5.73 Å². The lowest BCUT2D eigenvalue weighted by Gasteiger charge is -2.21. The third-order valence-corrected chi connectivity index (χ3v) is 3.01. The van der Waals surface area contributed by atoms with Crippen LogP contribution in [0.3, 0.4) is 0 Å². The highest BCUT2D eigenvalue weighted by Gasteiger charge is 2.25. The van der Waals surface area contributed by atoms with Crippen molar-refractivity contribution in [1.29, 1.82) is 0 Å². The van der Waals surface area contributed by atoms with Gasteiger partial charge in [0.25, 0.3) is 0 Å². The van der Waals surface area contributed by atoms with Gasteiger partial charge in [0.15, 0.2) is 11.5 Å². The highest BCUT2D eigenvalue weighted by molar-refractivity contribution is 5.74. The minimum atomic E-state index is -1.07. The van der Waals surface area contributed by atoms with E-state index in [4.69, 9.17) is 10.8 Å². The number of unbranched alkanes of at least 4 members (excludes halogenated alkanes) is 1. The molecule has 18 heavy (non-hydrogen) atoms. The SMILES string of the molecule is CCCCC(c1ccc(O)c(O)c1)C(N)C(=O)O. The molecule has 100 valence electrons. The molecule has 0 spiro atoms. The number of nitrogens with two attached hydrogens (primary N) is 1. The van der Waals surface area contributed by atoms with Crippen molar-refractivity contribution in [3.8, 4) is 11.5 Å². The Morgan fingerprint density at radius 3 is 2.50 bits per heavy atom. The number of benzene rings is 1. The lowest BCUT2D eigenvalue weighted by Crippen LogP contribution is -2.36. The number of hydrogen-bond acceptors (Lipinski definition) is 4. The van der Waals surface area contributed by atoms with Crippen LogP contribution in [0.15, 0.2) is 18.2 Å². The Balaban J connectivity index is 3.00. The van der Waals surface area contributed by atoms with E-state index in [2.05, 4.69) is 0 Å². The fraction of sp³-hybridized carbons (Fsp3) is 0.462. The molecule has 2 atom stereocenters. The number of aromatic hydroxyl groups is 2. The van der Waals surface area contributed by atoms with E-state index in [9.17, 15) is 15.0 Å². The van der Waals surface area contributed by atoms with Gasteiger partial charge in [-0.15, -0.1) is 0 Å². The summed E-state index contributed by atoms with van der Waals surface area (Å²) in [6.45, 7) is 2.01. The third-order valence-electron chi connectivity index (χ3n) is 3.01. The van der Waals surface area contributed by atoms with Crippen LogP contribution in [0.1, 0.15) is 37.7 Å². The van der Waals surface area contributed by atoms with E-state index in [1.54, 1.807) is 6.07 Å². The average Bonchev–Trinajstić information content (AvgIpc) is 2.33. The molecule has 0 fully saturated rings. The first-order chi connectivity index (χ1) is 8.47. The van der Waals surface area contributed by atoms with Gasteiger partial charge in [-0.2, -0.15) is 0 Å². The van der Waals surface area contributed by atoms with Crippen LogP contribution in [0.2, 0.25) is 0 Å². The lowest BCUT2D eigenvalue weighted by molar-refractivity contribution is -0.139. The summed E-state index contributed by atoms with van der Waals surface area (Å²) < 4.78 is 0. The zero-order valence-electron chi connectivity index (χ0n) is 10.3. The van der Waals surface area contributed by atoms with Gasteiger partial charge in [-0.25, -0.2) is 0 Å². The number of carboxylic acid groups (broad SMARTS) is 1. The molecule has 2 unspecified atom stereocenters. The molecule has 0 radical (unpaired) electrons. The molecule has 5 N–H and O–H groups in total. The predicted octanol–water partition coefficient (Wildman–Crippen LogP) is 1.78. The zero-order valence-corrected chi connectivity index (χ0v) is 10.3. The lowest BCUT2D eigenvalue weighted by atomic mass is 9.87. The van der Waals surface area contributed by atoms with Crippen molar-refractivity contribution in [2.45, 2.75) is 38.1 Å². The fourth-order valence-corrected chi connectivity index (χ4v) is 1.92. The van der Waals surface area contributed by atoms with Crippen LogP contribution in [-0.2, 0) is 4.79 Å². The molecule has 5 nitrogen and oxygen atoms in total. The van der Waals surface area contributed by atoms with Crippen LogP contribution in [-0.4, -0.2) is 27.3 Å². The third kappa shape index (κ3) is 3.37. The van der Waals surface area contributed by atoms with Crippen LogP contribution < -0.4 is 5.73 Å². The Labute approximate surface area is 106 Å². The Morgan fingerprint density at radius 1 is 1.33 bits per heavy atom. The summed E-state index contributed by atoms with van der Waals surface area (Å²) in [6, 6.07) is 3.30. The monoisotopic (exact) mass is 253 g/mol. The van der Waals surface area contributed by atoms with E-state index in [1.165, 1.54) is 12.1 Å². The van der Waals surface area contributed by atoms with Gasteiger partial charge in [-0.1, -0.05) is 25.8 Å². The van der Waals surface area contributed by atoms with Gasteiger partial charge in [0.05, 0.1) is 0 Å². The van der Waals surface area contributed by atoms with Crippen LogP contribution in [0.4, 0.5) is 0 Å².